The number of tetrazole rings is 1. The molecule has 2 aromatic carbocycles. The Kier molecular flexibility index (Phi) is 7.64. The van der Waals surface area contributed by atoms with Gasteiger partial charge < -0.3 is 23.5 Å². The zero-order chi connectivity index (χ0) is 26.5. The van der Waals surface area contributed by atoms with Crippen LogP contribution in [-0.4, -0.2) is 59.1 Å². The topological polar surface area (TPSA) is 122 Å². The van der Waals surface area contributed by atoms with Crippen molar-refractivity contribution in [3.63, 3.8) is 0 Å². The molecule has 1 aliphatic heterocycles. The van der Waals surface area contributed by atoms with Gasteiger partial charge in [0, 0.05) is 31.1 Å². The number of hydrogen-bond donors (Lipinski definition) is 0. The van der Waals surface area contributed by atoms with Crippen LogP contribution < -0.4 is 15.1 Å². The molecule has 0 aliphatic carbocycles. The van der Waals surface area contributed by atoms with E-state index in [0.717, 1.165) is 5.56 Å². The van der Waals surface area contributed by atoms with E-state index in [0.29, 0.717) is 66.7 Å². The smallest absolute Gasteiger partial charge is 0.331 e. The van der Waals surface area contributed by atoms with Crippen LogP contribution in [0.15, 0.2) is 57.7 Å². The SMILES string of the molecule is CCOC(=O)C(Cc1ccccc1)n1nnnc1COc1ccc2c(=O)cc(N3CCOCC3)oc2c1C. The van der Waals surface area contributed by atoms with Crippen molar-refractivity contribution in [1.29, 1.82) is 0 Å². The van der Waals surface area contributed by atoms with Crippen LogP contribution in [0.3, 0.4) is 0 Å². The molecule has 1 fully saturated rings. The van der Waals surface area contributed by atoms with E-state index < -0.39 is 12.0 Å². The monoisotopic (exact) mass is 519 g/mol. The first kappa shape index (κ1) is 25.4. The zero-order valence-electron chi connectivity index (χ0n) is 21.3. The minimum Gasteiger partial charge on any atom is -0.485 e. The Bertz CT molecular complexity index is 1460. The van der Waals surface area contributed by atoms with Crippen LogP contribution in [0.4, 0.5) is 5.88 Å². The highest BCUT2D eigenvalue weighted by molar-refractivity contribution is 5.83. The largest absolute Gasteiger partial charge is 0.485 e. The van der Waals surface area contributed by atoms with Crippen LogP contribution in [0, 0.1) is 6.92 Å². The number of aryl methyl sites for hydroxylation is 1. The molecule has 11 nitrogen and oxygen atoms in total. The Morgan fingerprint density at radius 3 is 2.68 bits per heavy atom. The second kappa shape index (κ2) is 11.4. The standard InChI is InChI=1S/C27H29N5O6/c1-3-36-27(34)21(15-19-7-5-4-6-8-19)32-24(28-29-30-32)17-37-23-10-9-20-22(33)16-25(38-26(20)18(23)2)31-11-13-35-14-12-31/h4-10,16,21H,3,11-15,17H2,1-2H3. The fraction of sp³-hybridized carbons (Fsp3) is 0.370. The van der Waals surface area contributed by atoms with Gasteiger partial charge in [0.25, 0.3) is 0 Å². The lowest BCUT2D eigenvalue weighted by Crippen LogP contribution is -2.36. The maximum absolute atomic E-state index is 12.8. The molecular weight excluding hydrogens is 490 g/mol. The van der Waals surface area contributed by atoms with Crippen molar-refractivity contribution in [1.82, 2.24) is 20.2 Å². The Morgan fingerprint density at radius 2 is 1.92 bits per heavy atom. The van der Waals surface area contributed by atoms with Crippen LogP contribution in [0.2, 0.25) is 0 Å². The van der Waals surface area contributed by atoms with Crippen molar-refractivity contribution < 1.29 is 23.4 Å². The molecule has 4 aromatic rings. The minimum absolute atomic E-state index is 0.00255. The van der Waals surface area contributed by atoms with Crippen LogP contribution in [0.25, 0.3) is 11.0 Å². The van der Waals surface area contributed by atoms with Gasteiger partial charge in [-0.15, -0.1) is 5.10 Å². The summed E-state index contributed by atoms with van der Waals surface area (Å²) in [4.78, 5) is 27.6. The third-order valence-electron chi connectivity index (χ3n) is 6.45. The zero-order valence-corrected chi connectivity index (χ0v) is 21.3. The van der Waals surface area contributed by atoms with E-state index in [1.165, 1.54) is 10.7 Å². The molecule has 1 unspecified atom stereocenters. The van der Waals surface area contributed by atoms with Crippen molar-refractivity contribution in [3.8, 4) is 5.75 Å². The maximum atomic E-state index is 12.8. The Morgan fingerprint density at radius 1 is 1.13 bits per heavy atom. The normalized spacial score (nSPS) is 14.4. The second-order valence-corrected chi connectivity index (χ2v) is 8.90. The number of aromatic nitrogens is 4. The molecule has 5 rings (SSSR count). The molecule has 0 spiro atoms. The molecule has 2 aromatic heterocycles. The highest BCUT2D eigenvalue weighted by Crippen LogP contribution is 2.29. The molecule has 38 heavy (non-hydrogen) atoms. The predicted octanol–water partition coefficient (Wildman–Crippen LogP) is 2.85. The van der Waals surface area contributed by atoms with E-state index in [2.05, 4.69) is 15.5 Å². The van der Waals surface area contributed by atoms with Crippen LogP contribution in [0.1, 0.15) is 29.9 Å². The van der Waals surface area contributed by atoms with E-state index in [-0.39, 0.29) is 18.6 Å². The molecule has 1 saturated heterocycles. The number of benzene rings is 2. The van der Waals surface area contributed by atoms with Crippen LogP contribution in [-0.2, 0) is 27.3 Å². The van der Waals surface area contributed by atoms with Gasteiger partial charge >= 0.3 is 5.97 Å². The van der Waals surface area contributed by atoms with Crippen molar-refractivity contribution in [2.75, 3.05) is 37.8 Å². The first-order chi connectivity index (χ1) is 18.5. The predicted molar refractivity (Wildman–Crippen MR) is 138 cm³/mol. The molecule has 0 amide bonds. The summed E-state index contributed by atoms with van der Waals surface area (Å²) < 4.78 is 24.4. The third-order valence-corrected chi connectivity index (χ3v) is 6.45. The Labute approximate surface area is 218 Å². The average molecular weight is 520 g/mol. The lowest BCUT2D eigenvalue weighted by Gasteiger charge is -2.27. The number of anilines is 1. The number of nitrogens with zero attached hydrogens (tertiary/aromatic N) is 5. The number of esters is 1. The lowest BCUT2D eigenvalue weighted by atomic mass is 10.1. The van der Waals surface area contributed by atoms with Gasteiger partial charge in [0.2, 0.25) is 0 Å². The number of carbonyl (C=O) groups is 1. The second-order valence-electron chi connectivity index (χ2n) is 8.90. The van der Waals surface area contributed by atoms with E-state index in [4.69, 9.17) is 18.6 Å². The first-order valence-corrected chi connectivity index (χ1v) is 12.6. The number of hydrogen-bond acceptors (Lipinski definition) is 10. The number of morpholine rings is 1. The summed E-state index contributed by atoms with van der Waals surface area (Å²) in [5.41, 5.74) is 1.97. The van der Waals surface area contributed by atoms with Crippen LogP contribution in [0.5, 0.6) is 5.75 Å². The van der Waals surface area contributed by atoms with Crippen molar-refractivity contribution in [3.05, 3.63) is 75.7 Å². The number of fused-ring (bicyclic) bond motifs is 1. The Hall–Kier alpha value is -4.25. The molecule has 0 N–H and O–H groups in total. The molecule has 3 heterocycles. The number of carbonyl (C=O) groups excluding carboxylic acids is 1. The van der Waals surface area contributed by atoms with Gasteiger partial charge in [0.05, 0.1) is 25.2 Å². The lowest BCUT2D eigenvalue weighted by molar-refractivity contribution is -0.147. The van der Waals surface area contributed by atoms with Gasteiger partial charge in [0.15, 0.2) is 23.2 Å². The minimum atomic E-state index is -0.752. The summed E-state index contributed by atoms with van der Waals surface area (Å²) in [5.74, 6) is 0.962. The summed E-state index contributed by atoms with van der Waals surface area (Å²) in [6.07, 6.45) is 0.363. The first-order valence-electron chi connectivity index (χ1n) is 12.6. The molecule has 198 valence electrons. The summed E-state index contributed by atoms with van der Waals surface area (Å²) in [5, 5.41) is 12.4. The molecule has 1 atom stereocenters. The average Bonchev–Trinajstić information content (AvgIpc) is 3.41. The molecule has 1 aliphatic rings. The third kappa shape index (κ3) is 5.37. The van der Waals surface area contributed by atoms with Gasteiger partial charge in [-0.25, -0.2) is 9.48 Å². The number of ether oxygens (including phenoxy) is 3. The molecule has 0 radical (unpaired) electrons. The molecule has 0 saturated carbocycles. The molecule has 0 bridgehead atoms. The van der Waals surface area contributed by atoms with Gasteiger partial charge in [-0.1, -0.05) is 30.3 Å². The molecular formula is C27H29N5O6. The summed E-state index contributed by atoms with van der Waals surface area (Å²) >= 11 is 0. The maximum Gasteiger partial charge on any atom is 0.331 e. The van der Waals surface area contributed by atoms with Crippen LogP contribution >= 0.6 is 0 Å². The van der Waals surface area contributed by atoms with E-state index in [9.17, 15) is 9.59 Å². The van der Waals surface area contributed by atoms with Crippen molar-refractivity contribution >= 4 is 22.8 Å². The van der Waals surface area contributed by atoms with E-state index >= 15 is 0 Å². The van der Waals surface area contributed by atoms with Gasteiger partial charge in [0.1, 0.15) is 17.9 Å². The van der Waals surface area contributed by atoms with Gasteiger partial charge in [-0.3, -0.25) is 4.79 Å². The van der Waals surface area contributed by atoms with Crippen molar-refractivity contribution in [2.45, 2.75) is 32.9 Å². The van der Waals surface area contributed by atoms with Gasteiger partial charge in [-0.05, 0) is 42.0 Å². The highest BCUT2D eigenvalue weighted by atomic mass is 16.5. The van der Waals surface area contributed by atoms with Crippen molar-refractivity contribution in [2.24, 2.45) is 0 Å². The van der Waals surface area contributed by atoms with E-state index in [1.807, 2.05) is 42.2 Å². The van der Waals surface area contributed by atoms with Gasteiger partial charge in [-0.2, -0.15) is 0 Å². The quantitative estimate of drug-likeness (QED) is 0.305. The Balaban J connectivity index is 1.40. The summed E-state index contributed by atoms with van der Waals surface area (Å²) in [6.45, 7) is 6.29. The van der Waals surface area contributed by atoms with E-state index in [1.54, 1.807) is 19.1 Å². The highest BCUT2D eigenvalue weighted by Gasteiger charge is 2.27. The fourth-order valence-electron chi connectivity index (χ4n) is 4.46. The fourth-order valence-corrected chi connectivity index (χ4v) is 4.46. The molecule has 11 heteroatoms. The summed E-state index contributed by atoms with van der Waals surface area (Å²) in [6, 6.07) is 13.8. The summed E-state index contributed by atoms with van der Waals surface area (Å²) in [7, 11) is 0. The number of rotatable bonds is 9.